The van der Waals surface area contributed by atoms with Gasteiger partial charge in [-0.05, 0) is 24.3 Å². The fraction of sp³-hybridized carbons (Fsp3) is 0. The van der Waals surface area contributed by atoms with Gasteiger partial charge in [-0.15, -0.1) is 0 Å². The first-order valence-corrected chi connectivity index (χ1v) is 8.47. The number of pyridine rings is 1. The minimum atomic E-state index is 0.609. The van der Waals surface area contributed by atoms with Crippen molar-refractivity contribution in [2.45, 2.75) is 0 Å². The highest BCUT2D eigenvalue weighted by Crippen LogP contribution is 2.27. The topological polar surface area (TPSA) is 78.6 Å². The molecule has 0 saturated carbocycles. The van der Waals surface area contributed by atoms with Crippen LogP contribution in [0.2, 0.25) is 0 Å². The number of nitrogens with one attached hydrogen (secondary N) is 3. The van der Waals surface area contributed by atoms with Gasteiger partial charge in [-0.2, -0.15) is 0 Å². The summed E-state index contributed by atoms with van der Waals surface area (Å²) in [4.78, 5) is 15.2. The number of aromatic nitrogens is 4. The second-order valence-corrected chi connectivity index (χ2v) is 6.17. The molecule has 5 rings (SSSR count). The van der Waals surface area contributed by atoms with Crippen molar-refractivity contribution in [3.8, 4) is 11.5 Å². The molecular formula is C20H14BN5O. The molecule has 0 aliphatic heterocycles. The lowest BCUT2D eigenvalue weighted by atomic mass is 9.98. The van der Waals surface area contributed by atoms with Crippen LogP contribution >= 0.6 is 0 Å². The summed E-state index contributed by atoms with van der Waals surface area (Å²) in [6.07, 6.45) is 3.46. The molecule has 0 atom stereocenters. The Morgan fingerprint density at radius 3 is 2.78 bits per heavy atom. The van der Waals surface area contributed by atoms with Crippen molar-refractivity contribution in [2.75, 3.05) is 5.32 Å². The lowest BCUT2D eigenvalue weighted by Crippen LogP contribution is -2.02. The minimum absolute atomic E-state index is 0.609. The van der Waals surface area contributed by atoms with Gasteiger partial charge in [0.1, 0.15) is 25.0 Å². The monoisotopic (exact) mass is 351 g/mol. The predicted octanol–water partition coefficient (Wildman–Crippen LogP) is 3.77. The van der Waals surface area contributed by atoms with Crippen LogP contribution in [-0.2, 0) is 0 Å². The van der Waals surface area contributed by atoms with E-state index in [4.69, 9.17) is 12.6 Å². The van der Waals surface area contributed by atoms with Crippen LogP contribution in [-0.4, -0.2) is 27.8 Å². The normalized spacial score (nSPS) is 11.1. The Labute approximate surface area is 156 Å². The summed E-state index contributed by atoms with van der Waals surface area (Å²) in [5.41, 5.74) is 3.95. The van der Waals surface area contributed by atoms with E-state index in [-0.39, 0.29) is 0 Å². The standard InChI is InChI=1S/C20H14BN5O/c21-12-8-15-18(11-23-19(15)22-10-12)26-20-24-16-7-6-14(9-17(16)25-20)27-13-4-2-1-3-5-13/h1-11H,(H,22,23)(H2,24,25,26). The predicted molar refractivity (Wildman–Crippen MR) is 107 cm³/mol. The summed E-state index contributed by atoms with van der Waals surface area (Å²) in [5.74, 6) is 2.16. The Bertz CT molecular complexity index is 1250. The van der Waals surface area contributed by atoms with Crippen molar-refractivity contribution in [2.24, 2.45) is 0 Å². The number of benzene rings is 2. The van der Waals surface area contributed by atoms with Crippen LogP contribution < -0.4 is 15.5 Å². The molecule has 0 bridgehead atoms. The summed E-state index contributed by atoms with van der Waals surface area (Å²) < 4.78 is 5.88. The van der Waals surface area contributed by atoms with E-state index in [1.165, 1.54) is 0 Å². The number of rotatable bonds is 4. The zero-order chi connectivity index (χ0) is 18.2. The van der Waals surface area contributed by atoms with Crippen molar-refractivity contribution >= 4 is 47.0 Å². The van der Waals surface area contributed by atoms with Crippen LogP contribution in [0.1, 0.15) is 0 Å². The maximum atomic E-state index is 5.88. The molecule has 0 saturated heterocycles. The smallest absolute Gasteiger partial charge is 0.205 e. The first-order valence-electron chi connectivity index (χ1n) is 8.47. The van der Waals surface area contributed by atoms with Gasteiger partial charge in [0.05, 0.1) is 16.7 Å². The number of fused-ring (bicyclic) bond motifs is 2. The van der Waals surface area contributed by atoms with E-state index in [1.54, 1.807) is 6.20 Å². The average Bonchev–Trinajstić information content (AvgIpc) is 3.26. The van der Waals surface area contributed by atoms with Gasteiger partial charge in [0.15, 0.2) is 0 Å². The first-order chi connectivity index (χ1) is 13.2. The van der Waals surface area contributed by atoms with Crippen molar-refractivity contribution in [3.63, 3.8) is 0 Å². The summed E-state index contributed by atoms with van der Waals surface area (Å²) in [6, 6.07) is 17.3. The van der Waals surface area contributed by atoms with Gasteiger partial charge in [0, 0.05) is 23.8 Å². The molecule has 3 N–H and O–H groups in total. The van der Waals surface area contributed by atoms with Crippen LogP contribution in [0, 0.1) is 0 Å². The van der Waals surface area contributed by atoms with Gasteiger partial charge in [0.25, 0.3) is 0 Å². The number of aromatic amines is 2. The zero-order valence-corrected chi connectivity index (χ0v) is 14.2. The largest absolute Gasteiger partial charge is 0.457 e. The Kier molecular flexibility index (Phi) is 3.57. The highest BCUT2D eigenvalue weighted by Gasteiger charge is 2.09. The molecule has 0 aliphatic carbocycles. The SMILES string of the molecule is [B]c1cnc2[nH]cc(Nc3nc4ccc(Oc5ccccc5)cc4[nH]3)c2c1. The number of nitrogens with zero attached hydrogens (tertiary/aromatic N) is 2. The molecule has 0 fully saturated rings. The molecule has 2 aromatic carbocycles. The van der Waals surface area contributed by atoms with Crippen LogP contribution in [0.4, 0.5) is 11.6 Å². The Morgan fingerprint density at radius 2 is 1.89 bits per heavy atom. The first kappa shape index (κ1) is 15.5. The van der Waals surface area contributed by atoms with E-state index < -0.39 is 0 Å². The number of ether oxygens (including phenoxy) is 1. The highest BCUT2D eigenvalue weighted by atomic mass is 16.5. The van der Waals surface area contributed by atoms with Crippen molar-refractivity contribution < 1.29 is 4.74 Å². The molecule has 5 aromatic rings. The number of anilines is 2. The molecule has 128 valence electrons. The third-order valence-electron chi connectivity index (χ3n) is 4.24. The minimum Gasteiger partial charge on any atom is -0.457 e. The van der Waals surface area contributed by atoms with Gasteiger partial charge >= 0.3 is 0 Å². The van der Waals surface area contributed by atoms with Crippen LogP contribution in [0.3, 0.4) is 0 Å². The zero-order valence-electron chi connectivity index (χ0n) is 14.2. The van der Waals surface area contributed by atoms with E-state index in [9.17, 15) is 0 Å². The molecule has 0 aliphatic rings. The lowest BCUT2D eigenvalue weighted by molar-refractivity contribution is 0.483. The van der Waals surface area contributed by atoms with Crippen LogP contribution in [0.25, 0.3) is 22.1 Å². The second-order valence-electron chi connectivity index (χ2n) is 6.17. The molecule has 7 heteroatoms. The Hall–Kier alpha value is -3.74. The van der Waals surface area contributed by atoms with Crippen LogP contribution in [0.15, 0.2) is 67.0 Å². The maximum Gasteiger partial charge on any atom is 0.205 e. The van der Waals surface area contributed by atoms with Gasteiger partial charge in [-0.3, -0.25) is 0 Å². The van der Waals surface area contributed by atoms with E-state index in [1.807, 2.05) is 60.8 Å². The molecule has 3 heterocycles. The third-order valence-corrected chi connectivity index (χ3v) is 4.24. The van der Waals surface area contributed by atoms with Gasteiger partial charge in [-0.1, -0.05) is 29.7 Å². The summed E-state index contributed by atoms with van der Waals surface area (Å²) in [6.45, 7) is 0. The fourth-order valence-corrected chi connectivity index (χ4v) is 2.99. The molecule has 27 heavy (non-hydrogen) atoms. The quantitative estimate of drug-likeness (QED) is 0.431. The maximum absolute atomic E-state index is 5.88. The second kappa shape index (κ2) is 6.21. The number of imidazole rings is 1. The molecular weight excluding hydrogens is 337 g/mol. The Balaban J connectivity index is 1.45. The van der Waals surface area contributed by atoms with Gasteiger partial charge < -0.3 is 20.0 Å². The molecule has 0 spiro atoms. The number of hydrogen-bond acceptors (Lipinski definition) is 4. The summed E-state index contributed by atoms with van der Waals surface area (Å²) in [5, 5.41) is 4.18. The lowest BCUT2D eigenvalue weighted by Gasteiger charge is -2.04. The summed E-state index contributed by atoms with van der Waals surface area (Å²) >= 11 is 0. The van der Waals surface area contributed by atoms with E-state index in [0.29, 0.717) is 11.4 Å². The number of hydrogen-bond donors (Lipinski definition) is 3. The van der Waals surface area contributed by atoms with Crippen molar-refractivity contribution in [3.05, 3.63) is 67.0 Å². The molecule has 3 aromatic heterocycles. The molecule has 2 radical (unpaired) electrons. The fourth-order valence-electron chi connectivity index (χ4n) is 2.99. The Morgan fingerprint density at radius 1 is 1.00 bits per heavy atom. The van der Waals surface area contributed by atoms with Crippen molar-refractivity contribution in [1.29, 1.82) is 0 Å². The summed E-state index contributed by atoms with van der Waals surface area (Å²) in [7, 11) is 5.85. The van der Waals surface area contributed by atoms with Crippen molar-refractivity contribution in [1.82, 2.24) is 19.9 Å². The van der Waals surface area contributed by atoms with Gasteiger partial charge in [0.2, 0.25) is 5.95 Å². The van der Waals surface area contributed by atoms with E-state index in [2.05, 4.69) is 25.3 Å². The number of H-pyrrole nitrogens is 2. The molecule has 6 nitrogen and oxygen atoms in total. The highest BCUT2D eigenvalue weighted by molar-refractivity contribution is 6.33. The molecule has 0 amide bonds. The average molecular weight is 351 g/mol. The third kappa shape index (κ3) is 2.99. The number of para-hydroxylation sites is 1. The van der Waals surface area contributed by atoms with Crippen LogP contribution in [0.5, 0.6) is 11.5 Å². The molecule has 0 unspecified atom stereocenters. The van der Waals surface area contributed by atoms with Gasteiger partial charge in [-0.25, -0.2) is 9.97 Å². The van der Waals surface area contributed by atoms with E-state index in [0.717, 1.165) is 39.3 Å². The van der Waals surface area contributed by atoms with E-state index >= 15 is 0 Å².